The molecule has 0 saturated carbocycles. The lowest BCUT2D eigenvalue weighted by Crippen LogP contribution is -2.41. The van der Waals surface area contributed by atoms with Gasteiger partial charge < -0.3 is 9.73 Å². The highest BCUT2D eigenvalue weighted by molar-refractivity contribution is 7.99. The van der Waals surface area contributed by atoms with Gasteiger partial charge in [-0.2, -0.15) is 0 Å². The molecule has 1 heterocycles. The van der Waals surface area contributed by atoms with Crippen molar-refractivity contribution in [2.24, 2.45) is 0 Å². The summed E-state index contributed by atoms with van der Waals surface area (Å²) in [5, 5.41) is 21.5. The predicted molar refractivity (Wildman–Crippen MR) is 85.0 cm³/mol. The van der Waals surface area contributed by atoms with E-state index in [4.69, 9.17) is 4.42 Å². The van der Waals surface area contributed by atoms with E-state index >= 15 is 0 Å². The van der Waals surface area contributed by atoms with Crippen LogP contribution >= 0.6 is 11.8 Å². The summed E-state index contributed by atoms with van der Waals surface area (Å²) < 4.78 is 5.42. The van der Waals surface area contributed by atoms with Crippen molar-refractivity contribution in [3.05, 3.63) is 34.4 Å². The zero-order valence-electron chi connectivity index (χ0n) is 12.9. The number of thioether (sulfide) groups is 1. The average molecular weight is 336 g/mol. The smallest absolute Gasteiger partial charge is 0.277 e. The van der Waals surface area contributed by atoms with Gasteiger partial charge in [-0.25, -0.2) is 0 Å². The van der Waals surface area contributed by atoms with Crippen LogP contribution in [0, 0.1) is 10.1 Å². The number of hydrogen-bond acceptors (Lipinski definition) is 7. The number of aromatic nitrogens is 2. The first-order valence-electron chi connectivity index (χ1n) is 6.77. The van der Waals surface area contributed by atoms with Gasteiger partial charge in [0.2, 0.25) is 11.8 Å². The summed E-state index contributed by atoms with van der Waals surface area (Å²) in [7, 11) is 0. The summed E-state index contributed by atoms with van der Waals surface area (Å²) in [6.45, 7) is 5.67. The molecule has 0 radical (unpaired) electrons. The van der Waals surface area contributed by atoms with E-state index < -0.39 is 4.92 Å². The summed E-state index contributed by atoms with van der Waals surface area (Å²) in [4.78, 5) is 22.0. The Hall–Kier alpha value is -2.42. The number of amides is 1. The third kappa shape index (κ3) is 5.06. The van der Waals surface area contributed by atoms with Gasteiger partial charge in [-0.15, -0.1) is 10.2 Å². The molecule has 8 nitrogen and oxygen atoms in total. The van der Waals surface area contributed by atoms with Crippen molar-refractivity contribution in [2.45, 2.75) is 31.5 Å². The molecule has 0 fully saturated rings. The van der Waals surface area contributed by atoms with Crippen molar-refractivity contribution in [3.8, 4) is 11.5 Å². The molecule has 0 aliphatic heterocycles. The summed E-state index contributed by atoms with van der Waals surface area (Å²) in [5.41, 5.74) is 0.0952. The average Bonchev–Trinajstić information content (AvgIpc) is 2.92. The molecule has 2 rings (SSSR count). The van der Waals surface area contributed by atoms with Crippen LogP contribution in [0.5, 0.6) is 0 Å². The van der Waals surface area contributed by atoms with E-state index in [0.717, 1.165) is 11.8 Å². The zero-order valence-corrected chi connectivity index (χ0v) is 13.7. The van der Waals surface area contributed by atoms with Crippen LogP contribution in [-0.4, -0.2) is 32.3 Å². The van der Waals surface area contributed by atoms with Gasteiger partial charge in [0.25, 0.3) is 10.9 Å². The van der Waals surface area contributed by atoms with Crippen LogP contribution in [-0.2, 0) is 4.79 Å². The highest BCUT2D eigenvalue weighted by Gasteiger charge is 2.16. The van der Waals surface area contributed by atoms with E-state index in [2.05, 4.69) is 15.5 Å². The second-order valence-corrected chi connectivity index (χ2v) is 6.69. The minimum Gasteiger partial charge on any atom is -0.411 e. The fourth-order valence-corrected chi connectivity index (χ4v) is 2.28. The largest absolute Gasteiger partial charge is 0.411 e. The fourth-order valence-electron chi connectivity index (χ4n) is 1.72. The highest BCUT2D eigenvalue weighted by atomic mass is 32.2. The van der Waals surface area contributed by atoms with Crippen molar-refractivity contribution in [1.82, 2.24) is 15.5 Å². The lowest BCUT2D eigenvalue weighted by atomic mass is 10.1. The normalized spacial score (nSPS) is 11.3. The van der Waals surface area contributed by atoms with Crippen molar-refractivity contribution in [2.75, 3.05) is 5.75 Å². The maximum atomic E-state index is 11.7. The molecule has 1 aromatic heterocycles. The maximum Gasteiger partial charge on any atom is 0.277 e. The van der Waals surface area contributed by atoms with Crippen molar-refractivity contribution < 1.29 is 14.1 Å². The van der Waals surface area contributed by atoms with E-state index in [1.807, 2.05) is 20.8 Å². The minimum absolute atomic E-state index is 0.0561. The monoisotopic (exact) mass is 336 g/mol. The molecule has 0 atom stereocenters. The van der Waals surface area contributed by atoms with Crippen LogP contribution in [0.2, 0.25) is 0 Å². The van der Waals surface area contributed by atoms with Gasteiger partial charge in [0.1, 0.15) is 0 Å². The molecule has 122 valence electrons. The lowest BCUT2D eigenvalue weighted by molar-refractivity contribution is -0.384. The van der Waals surface area contributed by atoms with Crippen LogP contribution < -0.4 is 5.32 Å². The van der Waals surface area contributed by atoms with Crippen LogP contribution in [0.15, 0.2) is 33.9 Å². The van der Waals surface area contributed by atoms with Crippen LogP contribution in [0.1, 0.15) is 20.8 Å². The quantitative estimate of drug-likeness (QED) is 0.507. The van der Waals surface area contributed by atoms with Crippen molar-refractivity contribution in [1.29, 1.82) is 0 Å². The third-order valence-corrected chi connectivity index (χ3v) is 3.37. The van der Waals surface area contributed by atoms with Crippen molar-refractivity contribution >= 4 is 23.4 Å². The zero-order chi connectivity index (χ0) is 17.0. The summed E-state index contributed by atoms with van der Waals surface area (Å²) in [5.74, 6) is 0.179. The fraction of sp³-hybridized carbons (Fsp3) is 0.357. The standard InChI is InChI=1S/C14H16N4O4S/c1-14(2,3)15-11(19)8-23-13-17-16-12(22-13)9-5-4-6-10(7-9)18(20)21/h4-7H,8H2,1-3H3,(H,15,19). The molecular formula is C14H16N4O4S. The summed E-state index contributed by atoms with van der Waals surface area (Å²) in [6.07, 6.45) is 0. The molecule has 0 bridgehead atoms. The molecule has 2 aromatic rings. The Bertz CT molecular complexity index is 724. The Balaban J connectivity index is 2.02. The molecule has 0 spiro atoms. The molecule has 23 heavy (non-hydrogen) atoms. The molecule has 0 aliphatic carbocycles. The molecule has 1 N–H and O–H groups in total. The number of rotatable bonds is 5. The highest BCUT2D eigenvalue weighted by Crippen LogP contribution is 2.25. The Morgan fingerprint density at radius 1 is 1.39 bits per heavy atom. The van der Waals surface area contributed by atoms with E-state index in [9.17, 15) is 14.9 Å². The molecule has 0 unspecified atom stereocenters. The van der Waals surface area contributed by atoms with Crippen LogP contribution in [0.3, 0.4) is 0 Å². The minimum atomic E-state index is -0.494. The van der Waals surface area contributed by atoms with Crippen LogP contribution in [0.25, 0.3) is 11.5 Å². The summed E-state index contributed by atoms with van der Waals surface area (Å²) >= 11 is 1.11. The first-order valence-corrected chi connectivity index (χ1v) is 7.75. The van der Waals surface area contributed by atoms with Gasteiger partial charge in [0, 0.05) is 23.2 Å². The lowest BCUT2D eigenvalue weighted by Gasteiger charge is -2.19. The maximum absolute atomic E-state index is 11.7. The summed E-state index contributed by atoms with van der Waals surface area (Å²) in [6, 6.07) is 5.92. The van der Waals surface area contributed by atoms with E-state index in [0.29, 0.717) is 5.56 Å². The molecule has 0 saturated heterocycles. The van der Waals surface area contributed by atoms with Gasteiger partial charge in [0.05, 0.1) is 10.7 Å². The van der Waals surface area contributed by atoms with Gasteiger partial charge in [-0.1, -0.05) is 17.8 Å². The first kappa shape index (κ1) is 16.9. The van der Waals surface area contributed by atoms with Gasteiger partial charge in [-0.05, 0) is 26.8 Å². The van der Waals surface area contributed by atoms with E-state index in [1.165, 1.54) is 12.1 Å². The topological polar surface area (TPSA) is 111 Å². The molecular weight excluding hydrogens is 320 g/mol. The number of nitro groups is 1. The number of nitro benzene ring substituents is 1. The molecule has 1 amide bonds. The van der Waals surface area contributed by atoms with Gasteiger partial charge in [-0.3, -0.25) is 14.9 Å². The third-order valence-electron chi connectivity index (χ3n) is 2.55. The Morgan fingerprint density at radius 3 is 2.78 bits per heavy atom. The SMILES string of the molecule is CC(C)(C)NC(=O)CSc1nnc(-c2cccc([N+](=O)[O-])c2)o1. The van der Waals surface area contributed by atoms with Gasteiger partial charge in [0.15, 0.2) is 0 Å². The van der Waals surface area contributed by atoms with Crippen molar-refractivity contribution in [3.63, 3.8) is 0 Å². The Labute approximate surface area is 136 Å². The molecule has 0 aliphatic rings. The number of nitrogens with one attached hydrogen (secondary N) is 1. The number of benzene rings is 1. The first-order chi connectivity index (χ1) is 10.7. The number of non-ortho nitro benzene ring substituents is 1. The second-order valence-electron chi connectivity index (χ2n) is 5.77. The molecule has 9 heteroatoms. The van der Waals surface area contributed by atoms with E-state index in [-0.39, 0.29) is 34.0 Å². The number of nitrogens with zero attached hydrogens (tertiary/aromatic N) is 3. The van der Waals surface area contributed by atoms with Crippen LogP contribution in [0.4, 0.5) is 5.69 Å². The van der Waals surface area contributed by atoms with E-state index in [1.54, 1.807) is 12.1 Å². The Morgan fingerprint density at radius 2 is 2.13 bits per heavy atom. The number of carbonyl (C=O) groups is 1. The Kier molecular flexibility index (Phi) is 4.99. The number of hydrogen-bond donors (Lipinski definition) is 1. The van der Waals surface area contributed by atoms with Gasteiger partial charge >= 0.3 is 0 Å². The number of carbonyl (C=O) groups excluding carboxylic acids is 1. The second kappa shape index (κ2) is 6.78. The predicted octanol–water partition coefficient (Wildman–Crippen LogP) is 2.65. The molecule has 1 aromatic carbocycles.